The van der Waals surface area contributed by atoms with Gasteiger partial charge in [-0.15, -0.1) is 0 Å². The molecule has 0 radical (unpaired) electrons. The van der Waals surface area contributed by atoms with Crippen molar-refractivity contribution in [3.8, 4) is 0 Å². The Morgan fingerprint density at radius 3 is 1.42 bits per heavy atom. The second-order valence-corrected chi connectivity index (χ2v) is 3.82. The number of hydrogen-bond donors (Lipinski definition) is 2. The maximum Gasteiger partial charge on any atom is 2.00 e. The zero-order chi connectivity index (χ0) is 14.2. The molecule has 0 rings (SSSR count). The molecule has 0 aliphatic heterocycles. The third-order valence-electron chi connectivity index (χ3n) is 1.70. The molecule has 0 fully saturated rings. The second-order valence-electron chi connectivity index (χ2n) is 3.30. The van der Waals surface area contributed by atoms with Crippen LogP contribution in [0.4, 0.5) is 0 Å². The fraction of sp³-hybridized carbons (Fsp3) is 0.667. The van der Waals surface area contributed by atoms with Gasteiger partial charge in [-0.25, -0.2) is 11.5 Å². The Labute approximate surface area is 140 Å². The van der Waals surface area contributed by atoms with Gasteiger partial charge in [-0.1, -0.05) is 26.7 Å². The van der Waals surface area contributed by atoms with E-state index in [-0.39, 0.29) is 31.4 Å². The van der Waals surface area contributed by atoms with E-state index in [1.54, 1.807) is 0 Å². The van der Waals surface area contributed by atoms with Crippen molar-refractivity contribution in [3.63, 3.8) is 0 Å². The molecule has 0 spiro atoms. The first kappa shape index (κ1) is 24.1. The Hall–Kier alpha value is 0.00338. The number of hydrogen-bond acceptors (Lipinski definition) is 6. The molecule has 7 heteroatoms. The van der Waals surface area contributed by atoms with Crippen LogP contribution in [0.2, 0.25) is 0 Å². The van der Waals surface area contributed by atoms with E-state index in [0.717, 1.165) is 37.2 Å². The number of thiol groups is 2. The molecule has 0 aliphatic rings. The van der Waals surface area contributed by atoms with E-state index in [1.165, 1.54) is 0 Å². The molecule has 19 heavy (non-hydrogen) atoms. The Balaban J connectivity index is -0.000000256. The van der Waals surface area contributed by atoms with Crippen molar-refractivity contribution in [2.24, 2.45) is 0 Å². The van der Waals surface area contributed by atoms with Crippen molar-refractivity contribution >= 4 is 37.2 Å². The van der Waals surface area contributed by atoms with E-state index in [0.29, 0.717) is 13.2 Å². The van der Waals surface area contributed by atoms with Crippen LogP contribution in [0.1, 0.15) is 39.5 Å². The monoisotopic (exact) mass is 358 g/mol. The van der Waals surface area contributed by atoms with Crippen LogP contribution >= 0.6 is 25.3 Å². The normalized spacial score (nSPS) is 8.21. The van der Waals surface area contributed by atoms with Gasteiger partial charge in [-0.05, 0) is 12.8 Å². The summed E-state index contributed by atoms with van der Waals surface area (Å²) in [4.78, 5) is 20.7. The average Bonchev–Trinajstić information content (AvgIpc) is 2.39. The van der Waals surface area contributed by atoms with Crippen molar-refractivity contribution < 1.29 is 38.5 Å². The SMILES string of the molecule is CCCCOC(=O)[CH-]S.CCCCOC(=O)[CH-]S.[Zn+2]. The van der Waals surface area contributed by atoms with Gasteiger partial charge >= 0.3 is 19.5 Å². The maximum absolute atomic E-state index is 10.3. The van der Waals surface area contributed by atoms with E-state index < -0.39 is 0 Å². The number of esters is 2. The predicted molar refractivity (Wildman–Crippen MR) is 78.3 cm³/mol. The third-order valence-corrected chi connectivity index (χ3v) is 2.12. The summed E-state index contributed by atoms with van der Waals surface area (Å²) in [7, 11) is 0. The first-order chi connectivity index (χ1) is 8.62. The largest absolute Gasteiger partial charge is 2.00 e. The molecule has 4 nitrogen and oxygen atoms in total. The van der Waals surface area contributed by atoms with E-state index in [4.69, 9.17) is 0 Å². The standard InChI is InChI=1S/2C6H11O2S.Zn/c2*1-2-3-4-8-6(7)5-9;/h2*5,9H,2-4H2,1H3;/q2*-1;+2. The Morgan fingerprint density at radius 1 is 0.895 bits per heavy atom. The van der Waals surface area contributed by atoms with Gasteiger partial charge in [0.25, 0.3) is 0 Å². The van der Waals surface area contributed by atoms with Crippen LogP contribution in [0.25, 0.3) is 0 Å². The Kier molecular flexibility index (Phi) is 25.7. The average molecular weight is 360 g/mol. The smallest absolute Gasteiger partial charge is 0.487 e. The molecule has 0 aliphatic carbocycles. The Bertz CT molecular complexity index is 194. The Morgan fingerprint density at radius 2 is 1.21 bits per heavy atom. The molecule has 0 aromatic rings. The molecule has 0 amide bonds. The van der Waals surface area contributed by atoms with Crippen LogP contribution in [0, 0.1) is 11.5 Å². The minimum atomic E-state index is -0.355. The zero-order valence-electron chi connectivity index (χ0n) is 11.6. The molecule has 108 valence electrons. The van der Waals surface area contributed by atoms with Gasteiger partial charge in [0.2, 0.25) is 0 Å². The van der Waals surface area contributed by atoms with Gasteiger partial charge in [-0.2, -0.15) is 0 Å². The van der Waals surface area contributed by atoms with Gasteiger partial charge in [0.05, 0.1) is 13.2 Å². The number of ether oxygens (including phenoxy) is 2. The zero-order valence-corrected chi connectivity index (χ0v) is 16.4. The molecular formula is C12H22O4S2Zn. The summed E-state index contributed by atoms with van der Waals surface area (Å²) in [6, 6.07) is 0. The van der Waals surface area contributed by atoms with Crippen molar-refractivity contribution in [1.29, 1.82) is 0 Å². The molecule has 0 N–H and O–H groups in total. The van der Waals surface area contributed by atoms with Crippen LogP contribution in [0.15, 0.2) is 0 Å². The van der Waals surface area contributed by atoms with E-state index >= 15 is 0 Å². The molecule has 0 atom stereocenters. The molecule has 0 saturated heterocycles. The van der Waals surface area contributed by atoms with Crippen LogP contribution in [-0.4, -0.2) is 25.2 Å². The number of carbonyl (C=O) groups is 2. The molecule has 0 heterocycles. The fourth-order valence-electron chi connectivity index (χ4n) is 0.709. The maximum atomic E-state index is 10.3. The third kappa shape index (κ3) is 23.5. The second kappa shape index (κ2) is 20.3. The number of rotatable bonds is 8. The molecule has 0 unspecified atom stereocenters. The molecular weight excluding hydrogens is 338 g/mol. The fourth-order valence-corrected chi connectivity index (χ4v) is 0.858. The molecule has 0 aromatic carbocycles. The summed E-state index contributed by atoms with van der Waals surface area (Å²) in [6.45, 7) is 5.09. The van der Waals surface area contributed by atoms with Crippen molar-refractivity contribution in [2.75, 3.05) is 13.2 Å². The van der Waals surface area contributed by atoms with Crippen molar-refractivity contribution in [2.45, 2.75) is 39.5 Å². The summed E-state index contributed by atoms with van der Waals surface area (Å²) in [5.74, 6) is 1.53. The number of unbranched alkanes of at least 4 members (excludes halogenated alkanes) is 2. The minimum absolute atomic E-state index is 0. The van der Waals surface area contributed by atoms with Crippen LogP contribution < -0.4 is 0 Å². The first-order valence-electron chi connectivity index (χ1n) is 5.90. The minimum Gasteiger partial charge on any atom is -0.487 e. The molecule has 0 saturated carbocycles. The molecule has 0 bridgehead atoms. The van der Waals surface area contributed by atoms with Gasteiger partial charge in [-0.3, -0.25) is 9.59 Å². The summed E-state index contributed by atoms with van der Waals surface area (Å²) < 4.78 is 9.32. The van der Waals surface area contributed by atoms with Crippen LogP contribution in [0.5, 0.6) is 0 Å². The van der Waals surface area contributed by atoms with Crippen molar-refractivity contribution in [1.82, 2.24) is 0 Å². The van der Waals surface area contributed by atoms with Crippen molar-refractivity contribution in [3.05, 3.63) is 11.5 Å². The van der Waals surface area contributed by atoms with Crippen LogP contribution in [0.3, 0.4) is 0 Å². The van der Waals surface area contributed by atoms with E-state index in [1.807, 2.05) is 13.8 Å². The van der Waals surface area contributed by atoms with Gasteiger partial charge < -0.3 is 34.7 Å². The topological polar surface area (TPSA) is 52.6 Å². The van der Waals surface area contributed by atoms with Gasteiger partial charge in [0.1, 0.15) is 0 Å². The summed E-state index contributed by atoms with van der Waals surface area (Å²) in [5, 5.41) is 0. The summed E-state index contributed by atoms with van der Waals surface area (Å²) >= 11 is 7.24. The summed E-state index contributed by atoms with van der Waals surface area (Å²) in [6.07, 6.45) is 3.93. The number of carbonyl (C=O) groups excluding carboxylic acids is 2. The first-order valence-corrected chi connectivity index (χ1v) is 6.93. The van der Waals surface area contributed by atoms with Gasteiger partial charge in [0, 0.05) is 0 Å². The molecule has 0 aromatic heterocycles. The van der Waals surface area contributed by atoms with Crippen LogP contribution in [-0.2, 0) is 38.5 Å². The predicted octanol–water partition coefficient (Wildman–Crippen LogP) is 2.84. The van der Waals surface area contributed by atoms with Gasteiger partial charge in [0.15, 0.2) is 11.9 Å². The van der Waals surface area contributed by atoms with E-state index in [2.05, 4.69) is 34.7 Å². The summed E-state index contributed by atoms with van der Waals surface area (Å²) in [5.41, 5.74) is 0. The van der Waals surface area contributed by atoms with E-state index in [9.17, 15) is 9.59 Å². The quantitative estimate of drug-likeness (QED) is 0.230.